The van der Waals surface area contributed by atoms with Crippen LogP contribution < -0.4 is 9.62 Å². The van der Waals surface area contributed by atoms with Crippen molar-refractivity contribution in [3.8, 4) is 0 Å². The van der Waals surface area contributed by atoms with Gasteiger partial charge in [-0.1, -0.05) is 29.3 Å². The van der Waals surface area contributed by atoms with E-state index in [0.29, 0.717) is 23.3 Å². The van der Waals surface area contributed by atoms with Crippen molar-refractivity contribution in [2.75, 3.05) is 37.0 Å². The number of hydrogen-bond donors (Lipinski definition) is 1. The van der Waals surface area contributed by atoms with Gasteiger partial charge in [0.1, 0.15) is 6.54 Å². The molecular weight excluding hydrogens is 491 g/mol. The number of alkyl halides is 3. The third kappa shape index (κ3) is 6.64. The third-order valence-corrected chi connectivity index (χ3v) is 7.73. The Kier molecular flexibility index (Phi) is 8.48. The van der Waals surface area contributed by atoms with Crippen LogP contribution in [0, 0.1) is 6.92 Å². The summed E-state index contributed by atoms with van der Waals surface area (Å²) in [7, 11) is -4.33. The summed E-state index contributed by atoms with van der Waals surface area (Å²) >= 11 is 5.71. The number of halogens is 4. The van der Waals surface area contributed by atoms with E-state index < -0.39 is 39.2 Å². The molecule has 0 radical (unpaired) electrons. The van der Waals surface area contributed by atoms with Crippen LogP contribution in [-0.2, 0) is 21.0 Å². The summed E-state index contributed by atoms with van der Waals surface area (Å²) in [6, 6.07) is 8.64. The largest absolute Gasteiger partial charge is 0.417 e. The number of rotatable bonds is 9. The van der Waals surface area contributed by atoms with Crippen molar-refractivity contribution < 1.29 is 26.4 Å². The van der Waals surface area contributed by atoms with E-state index in [9.17, 15) is 26.4 Å². The van der Waals surface area contributed by atoms with Crippen LogP contribution in [-0.4, -0.2) is 51.9 Å². The number of amides is 1. The molecule has 0 unspecified atom stereocenters. The highest BCUT2D eigenvalue weighted by Crippen LogP contribution is 2.38. The lowest BCUT2D eigenvalue weighted by Crippen LogP contribution is -2.41. The Labute approximate surface area is 202 Å². The predicted octanol–water partition coefficient (Wildman–Crippen LogP) is 4.46. The number of benzene rings is 2. The van der Waals surface area contributed by atoms with Gasteiger partial charge in [-0.25, -0.2) is 8.42 Å². The van der Waals surface area contributed by atoms with Gasteiger partial charge in [0, 0.05) is 6.54 Å². The molecule has 11 heteroatoms. The van der Waals surface area contributed by atoms with Crippen molar-refractivity contribution in [3.63, 3.8) is 0 Å². The molecule has 1 amide bonds. The van der Waals surface area contributed by atoms with E-state index in [2.05, 4.69) is 10.2 Å². The number of nitrogens with zero attached hydrogens (tertiary/aromatic N) is 2. The molecule has 1 saturated heterocycles. The molecule has 1 heterocycles. The average molecular weight is 518 g/mol. The summed E-state index contributed by atoms with van der Waals surface area (Å²) in [5, 5.41) is 2.12. The summed E-state index contributed by atoms with van der Waals surface area (Å²) in [4.78, 5) is 14.8. The SMILES string of the molecule is Cc1ccc(S(=O)(=O)N(CC(=O)NCCCN2CCCC2)c2ccc(Cl)c(C(F)(F)F)c2)cc1. The van der Waals surface area contributed by atoms with Gasteiger partial charge in [0.15, 0.2) is 0 Å². The van der Waals surface area contributed by atoms with Crippen LogP contribution in [0.1, 0.15) is 30.4 Å². The van der Waals surface area contributed by atoms with Crippen LogP contribution in [0.4, 0.5) is 18.9 Å². The Morgan fingerprint density at radius 3 is 2.38 bits per heavy atom. The molecule has 0 saturated carbocycles. The topological polar surface area (TPSA) is 69.7 Å². The van der Waals surface area contributed by atoms with Gasteiger partial charge in [0.05, 0.1) is 21.2 Å². The summed E-state index contributed by atoms with van der Waals surface area (Å²) in [6.07, 6.45) is -1.79. The summed E-state index contributed by atoms with van der Waals surface area (Å²) in [5.41, 5.74) is -0.668. The van der Waals surface area contributed by atoms with Crippen molar-refractivity contribution in [2.45, 2.75) is 37.3 Å². The third-order valence-electron chi connectivity index (χ3n) is 5.61. The lowest BCUT2D eigenvalue weighted by Gasteiger charge is -2.25. The molecule has 3 rings (SSSR count). The molecule has 2 aromatic rings. The highest BCUT2D eigenvalue weighted by molar-refractivity contribution is 7.92. The van der Waals surface area contributed by atoms with Gasteiger partial charge < -0.3 is 10.2 Å². The monoisotopic (exact) mass is 517 g/mol. The Bertz CT molecular complexity index is 1100. The van der Waals surface area contributed by atoms with Crippen molar-refractivity contribution in [2.24, 2.45) is 0 Å². The van der Waals surface area contributed by atoms with Crippen molar-refractivity contribution in [3.05, 3.63) is 58.6 Å². The van der Waals surface area contributed by atoms with E-state index in [0.717, 1.165) is 50.2 Å². The van der Waals surface area contributed by atoms with Crippen molar-refractivity contribution >= 4 is 33.2 Å². The molecule has 0 aliphatic carbocycles. The van der Waals surface area contributed by atoms with Gasteiger partial charge >= 0.3 is 6.18 Å². The number of carbonyl (C=O) groups excluding carboxylic acids is 1. The summed E-state index contributed by atoms with van der Waals surface area (Å²) in [5.74, 6) is -0.611. The molecule has 1 aliphatic rings. The van der Waals surface area contributed by atoms with E-state index in [1.165, 1.54) is 12.1 Å². The first kappa shape index (κ1) is 26.3. The first-order chi connectivity index (χ1) is 16.0. The number of nitrogens with one attached hydrogen (secondary N) is 1. The molecule has 0 bridgehead atoms. The maximum atomic E-state index is 13.4. The van der Waals surface area contributed by atoms with Crippen molar-refractivity contribution in [1.82, 2.24) is 10.2 Å². The zero-order valence-electron chi connectivity index (χ0n) is 18.7. The standard InChI is InChI=1S/C23H27ClF3N3O3S/c1-17-5-8-19(9-6-17)34(32,33)30(18-7-10-21(24)20(15-18)23(25,26)27)16-22(31)28-11-4-14-29-12-2-3-13-29/h5-10,15H,2-4,11-14,16H2,1H3,(H,28,31). The second-order valence-electron chi connectivity index (χ2n) is 8.24. The zero-order chi connectivity index (χ0) is 24.9. The summed E-state index contributed by atoms with van der Waals surface area (Å²) in [6.45, 7) is 4.31. The second kappa shape index (κ2) is 11.0. The number of anilines is 1. The fourth-order valence-electron chi connectivity index (χ4n) is 3.76. The Hall–Kier alpha value is -2.30. The van der Waals surface area contributed by atoms with Crippen LogP contribution in [0.2, 0.25) is 5.02 Å². The number of sulfonamides is 1. The quantitative estimate of drug-likeness (QED) is 0.498. The van der Waals surface area contributed by atoms with Crippen LogP contribution >= 0.6 is 11.6 Å². The number of aryl methyl sites for hydroxylation is 1. The maximum Gasteiger partial charge on any atom is 0.417 e. The molecule has 0 aromatic heterocycles. The van der Waals surface area contributed by atoms with Gasteiger partial charge in [-0.15, -0.1) is 0 Å². The molecule has 34 heavy (non-hydrogen) atoms. The predicted molar refractivity (Wildman–Crippen MR) is 125 cm³/mol. The van der Waals surface area contributed by atoms with Gasteiger partial charge in [-0.3, -0.25) is 9.10 Å². The molecule has 1 N–H and O–H groups in total. The molecular formula is C23H27ClF3N3O3S. The smallest absolute Gasteiger partial charge is 0.354 e. The van der Waals surface area contributed by atoms with Crippen LogP contribution in [0.3, 0.4) is 0 Å². The van der Waals surface area contributed by atoms with E-state index in [-0.39, 0.29) is 10.6 Å². The lowest BCUT2D eigenvalue weighted by molar-refractivity contribution is -0.137. The number of likely N-dealkylation sites (tertiary alicyclic amines) is 1. The molecule has 186 valence electrons. The Balaban J connectivity index is 1.83. The van der Waals surface area contributed by atoms with E-state index >= 15 is 0 Å². The first-order valence-corrected chi connectivity index (χ1v) is 12.8. The highest BCUT2D eigenvalue weighted by Gasteiger charge is 2.35. The van der Waals surface area contributed by atoms with Gasteiger partial charge in [-0.2, -0.15) is 13.2 Å². The Morgan fingerprint density at radius 1 is 1.12 bits per heavy atom. The molecule has 0 atom stereocenters. The van der Waals surface area contributed by atoms with Crippen LogP contribution in [0.5, 0.6) is 0 Å². The molecule has 2 aromatic carbocycles. The molecule has 0 spiro atoms. The normalized spacial score (nSPS) is 14.9. The van der Waals surface area contributed by atoms with E-state index in [1.807, 2.05) is 0 Å². The first-order valence-electron chi connectivity index (χ1n) is 10.9. The fourth-order valence-corrected chi connectivity index (χ4v) is 5.40. The fraction of sp³-hybridized carbons (Fsp3) is 0.435. The highest BCUT2D eigenvalue weighted by atomic mass is 35.5. The maximum absolute atomic E-state index is 13.4. The lowest BCUT2D eigenvalue weighted by atomic mass is 10.2. The second-order valence-corrected chi connectivity index (χ2v) is 10.5. The summed E-state index contributed by atoms with van der Waals surface area (Å²) < 4.78 is 67.6. The minimum atomic E-state index is -4.79. The number of hydrogen-bond acceptors (Lipinski definition) is 4. The van der Waals surface area contributed by atoms with Crippen LogP contribution in [0.25, 0.3) is 0 Å². The minimum Gasteiger partial charge on any atom is -0.354 e. The van der Waals surface area contributed by atoms with Gasteiger partial charge in [0.2, 0.25) is 5.91 Å². The molecule has 1 fully saturated rings. The number of carbonyl (C=O) groups is 1. The zero-order valence-corrected chi connectivity index (χ0v) is 20.3. The van der Waals surface area contributed by atoms with Gasteiger partial charge in [0.25, 0.3) is 10.0 Å². The minimum absolute atomic E-state index is 0.136. The average Bonchev–Trinajstić information content (AvgIpc) is 3.29. The molecule has 1 aliphatic heterocycles. The van der Waals surface area contributed by atoms with Gasteiger partial charge in [-0.05, 0) is 76.2 Å². The Morgan fingerprint density at radius 2 is 1.76 bits per heavy atom. The van der Waals surface area contributed by atoms with E-state index in [1.54, 1.807) is 19.1 Å². The van der Waals surface area contributed by atoms with Crippen molar-refractivity contribution in [1.29, 1.82) is 0 Å². The van der Waals surface area contributed by atoms with Crippen LogP contribution in [0.15, 0.2) is 47.4 Å². The van der Waals surface area contributed by atoms with E-state index in [4.69, 9.17) is 11.6 Å². The molecule has 6 nitrogen and oxygen atoms in total.